The number of piperidine rings is 1. The number of benzene rings is 1. The Labute approximate surface area is 170 Å². The Morgan fingerprint density at radius 2 is 2.00 bits per heavy atom. The van der Waals surface area contributed by atoms with Crippen LogP contribution in [0.4, 0.5) is 5.69 Å². The summed E-state index contributed by atoms with van der Waals surface area (Å²) in [6.07, 6.45) is 3.72. The Morgan fingerprint density at radius 3 is 2.70 bits per heavy atom. The Hall–Kier alpha value is -2.01. The molecule has 0 bridgehead atoms. The molecule has 1 aliphatic heterocycles. The number of rotatable bonds is 5. The van der Waals surface area contributed by atoms with E-state index in [9.17, 15) is 4.79 Å². The fourth-order valence-electron chi connectivity index (χ4n) is 2.74. The lowest BCUT2D eigenvalue weighted by Gasteiger charge is -2.22. The third-order valence-electron chi connectivity index (χ3n) is 4.08. The van der Waals surface area contributed by atoms with Crippen LogP contribution in [0.1, 0.15) is 29.4 Å². The minimum absolute atomic E-state index is 0. The molecule has 2 N–H and O–H groups in total. The number of nitrogens with one attached hydrogen (secondary N) is 2. The Morgan fingerprint density at radius 1 is 1.22 bits per heavy atom. The lowest BCUT2D eigenvalue weighted by atomic mass is 10.1. The molecule has 1 saturated heterocycles. The van der Waals surface area contributed by atoms with E-state index in [2.05, 4.69) is 31.1 Å². The molecule has 0 atom stereocenters. The van der Waals surface area contributed by atoms with Gasteiger partial charge in [0.1, 0.15) is 5.51 Å². The molecule has 4 rings (SSSR count). The standard InChI is InChI=1S/C16H17N7OS2.ClH/c24-15(14-9-23(22-20-14)12-5-7-17-8-6-12)19-11-1-3-13(4-2-11)26-16-21-18-10-25-16;/h1-4,9-10,12,17H,5-8H2,(H,19,24);1H. The van der Waals surface area contributed by atoms with Crippen LogP contribution in [0, 0.1) is 0 Å². The van der Waals surface area contributed by atoms with Gasteiger partial charge in [0, 0.05) is 10.6 Å². The molecule has 0 radical (unpaired) electrons. The largest absolute Gasteiger partial charge is 0.321 e. The lowest BCUT2D eigenvalue weighted by Crippen LogP contribution is -2.29. The zero-order valence-corrected chi connectivity index (χ0v) is 16.7. The highest BCUT2D eigenvalue weighted by molar-refractivity contribution is 8.01. The van der Waals surface area contributed by atoms with Crippen LogP contribution < -0.4 is 10.6 Å². The van der Waals surface area contributed by atoms with Gasteiger partial charge in [-0.15, -0.1) is 27.7 Å². The molecular weight excluding hydrogens is 406 g/mol. The van der Waals surface area contributed by atoms with Crippen LogP contribution in [-0.2, 0) is 0 Å². The van der Waals surface area contributed by atoms with Crippen molar-refractivity contribution >= 4 is 47.1 Å². The maximum atomic E-state index is 12.4. The van der Waals surface area contributed by atoms with Crippen LogP contribution in [0.25, 0.3) is 0 Å². The van der Waals surface area contributed by atoms with E-state index >= 15 is 0 Å². The first kappa shape index (κ1) is 19.7. The van der Waals surface area contributed by atoms with Crippen LogP contribution in [0.3, 0.4) is 0 Å². The number of hydrogen-bond acceptors (Lipinski definition) is 8. The van der Waals surface area contributed by atoms with E-state index in [1.54, 1.807) is 16.4 Å². The summed E-state index contributed by atoms with van der Waals surface area (Å²) in [5.41, 5.74) is 2.75. The molecule has 1 aliphatic rings. The van der Waals surface area contributed by atoms with Crippen LogP contribution >= 0.6 is 35.5 Å². The highest BCUT2D eigenvalue weighted by Gasteiger charge is 2.18. The molecule has 142 valence electrons. The third kappa shape index (κ3) is 5.04. The SMILES string of the molecule is Cl.O=C(Nc1ccc(Sc2nncs2)cc1)c1cn(C2CCNCC2)nn1. The summed E-state index contributed by atoms with van der Waals surface area (Å²) in [5.74, 6) is -0.255. The molecule has 1 aromatic carbocycles. The molecule has 27 heavy (non-hydrogen) atoms. The molecule has 0 unspecified atom stereocenters. The first-order valence-electron chi connectivity index (χ1n) is 8.26. The molecule has 0 aliphatic carbocycles. The summed E-state index contributed by atoms with van der Waals surface area (Å²) >= 11 is 3.03. The number of halogens is 1. The zero-order valence-electron chi connectivity index (χ0n) is 14.2. The van der Waals surface area contributed by atoms with Crippen LogP contribution in [0.5, 0.6) is 0 Å². The van der Waals surface area contributed by atoms with Gasteiger partial charge in [-0.05, 0) is 50.2 Å². The summed E-state index contributed by atoms with van der Waals surface area (Å²) in [6, 6.07) is 7.90. The van der Waals surface area contributed by atoms with Gasteiger partial charge in [-0.3, -0.25) is 4.79 Å². The van der Waals surface area contributed by atoms with Crippen molar-refractivity contribution in [3.8, 4) is 0 Å². The second kappa shape index (κ2) is 9.27. The average Bonchev–Trinajstić information content (AvgIpc) is 3.36. The van der Waals surface area contributed by atoms with Crippen LogP contribution in [-0.4, -0.2) is 44.2 Å². The maximum absolute atomic E-state index is 12.4. The predicted octanol–water partition coefficient (Wildman–Crippen LogP) is 2.88. The van der Waals surface area contributed by atoms with Gasteiger partial charge in [0.15, 0.2) is 10.0 Å². The van der Waals surface area contributed by atoms with Crippen molar-refractivity contribution in [2.24, 2.45) is 0 Å². The number of aromatic nitrogens is 5. The summed E-state index contributed by atoms with van der Waals surface area (Å²) in [4.78, 5) is 13.4. The van der Waals surface area contributed by atoms with E-state index in [-0.39, 0.29) is 18.3 Å². The second-order valence-corrected chi connectivity index (χ2v) is 8.00. The molecule has 3 aromatic rings. The highest BCUT2D eigenvalue weighted by atomic mass is 35.5. The molecule has 2 aromatic heterocycles. The van der Waals surface area contributed by atoms with Gasteiger partial charge >= 0.3 is 0 Å². The number of amides is 1. The van der Waals surface area contributed by atoms with Crippen molar-refractivity contribution in [2.75, 3.05) is 18.4 Å². The number of nitrogens with zero attached hydrogens (tertiary/aromatic N) is 5. The third-order valence-corrected chi connectivity index (χ3v) is 5.87. The smallest absolute Gasteiger partial charge is 0.277 e. The van der Waals surface area contributed by atoms with Crippen molar-refractivity contribution in [1.29, 1.82) is 0 Å². The Bertz CT molecular complexity index is 863. The molecule has 1 amide bonds. The summed E-state index contributed by atoms with van der Waals surface area (Å²) in [6.45, 7) is 1.93. The van der Waals surface area contributed by atoms with E-state index in [0.717, 1.165) is 35.2 Å². The van der Waals surface area contributed by atoms with E-state index in [1.165, 1.54) is 23.1 Å². The first-order valence-corrected chi connectivity index (χ1v) is 9.95. The summed E-state index contributed by atoms with van der Waals surface area (Å²) in [5, 5.41) is 22.1. The lowest BCUT2D eigenvalue weighted by molar-refractivity contribution is 0.102. The molecule has 1 fully saturated rings. The Balaban J connectivity index is 0.00000210. The molecule has 0 saturated carbocycles. The fraction of sp³-hybridized carbons (Fsp3) is 0.312. The highest BCUT2D eigenvalue weighted by Crippen LogP contribution is 2.29. The van der Waals surface area contributed by atoms with Crippen molar-refractivity contribution in [2.45, 2.75) is 28.1 Å². The average molecular weight is 424 g/mol. The number of carbonyl (C=O) groups is 1. The fourth-order valence-corrected chi connectivity index (χ4v) is 4.19. The van der Waals surface area contributed by atoms with Gasteiger partial charge < -0.3 is 10.6 Å². The normalized spacial score (nSPS) is 14.5. The van der Waals surface area contributed by atoms with Crippen molar-refractivity contribution < 1.29 is 4.79 Å². The number of anilines is 1. The van der Waals surface area contributed by atoms with Crippen LogP contribution in [0.2, 0.25) is 0 Å². The topological polar surface area (TPSA) is 97.6 Å². The van der Waals surface area contributed by atoms with Gasteiger partial charge in [0.05, 0.1) is 12.2 Å². The van der Waals surface area contributed by atoms with Gasteiger partial charge in [0.2, 0.25) is 0 Å². The minimum Gasteiger partial charge on any atom is -0.321 e. The van der Waals surface area contributed by atoms with Gasteiger partial charge in [-0.25, -0.2) is 4.68 Å². The minimum atomic E-state index is -0.255. The van der Waals surface area contributed by atoms with Gasteiger partial charge in [-0.1, -0.05) is 28.3 Å². The Kier molecular flexibility index (Phi) is 6.78. The van der Waals surface area contributed by atoms with Crippen molar-refractivity contribution in [1.82, 2.24) is 30.5 Å². The predicted molar refractivity (Wildman–Crippen MR) is 107 cm³/mol. The quantitative estimate of drug-likeness (QED) is 0.651. The summed E-state index contributed by atoms with van der Waals surface area (Å²) < 4.78 is 2.69. The van der Waals surface area contributed by atoms with E-state index in [1.807, 2.05) is 24.3 Å². The first-order chi connectivity index (χ1) is 12.8. The van der Waals surface area contributed by atoms with Crippen LogP contribution in [0.15, 0.2) is 45.2 Å². The van der Waals surface area contributed by atoms with Gasteiger partial charge in [-0.2, -0.15) is 0 Å². The maximum Gasteiger partial charge on any atom is 0.277 e. The second-order valence-electron chi connectivity index (χ2n) is 5.85. The number of carbonyl (C=O) groups excluding carboxylic acids is 1. The van der Waals surface area contributed by atoms with Crippen molar-refractivity contribution in [3.63, 3.8) is 0 Å². The van der Waals surface area contributed by atoms with E-state index < -0.39 is 0 Å². The van der Waals surface area contributed by atoms with E-state index in [0.29, 0.717) is 17.4 Å². The molecular formula is C16H18ClN7OS2. The monoisotopic (exact) mass is 423 g/mol. The molecule has 8 nitrogen and oxygen atoms in total. The summed E-state index contributed by atoms with van der Waals surface area (Å²) in [7, 11) is 0. The van der Waals surface area contributed by atoms with Gasteiger partial charge in [0.25, 0.3) is 5.91 Å². The number of hydrogen-bond donors (Lipinski definition) is 2. The van der Waals surface area contributed by atoms with Crippen molar-refractivity contribution in [3.05, 3.63) is 41.7 Å². The molecule has 3 heterocycles. The molecule has 0 spiro atoms. The van der Waals surface area contributed by atoms with E-state index in [4.69, 9.17) is 0 Å². The zero-order chi connectivity index (χ0) is 17.8. The molecule has 11 heteroatoms.